The van der Waals surface area contributed by atoms with Crippen LogP contribution in [0.4, 0.5) is 0 Å². The lowest BCUT2D eigenvalue weighted by Gasteiger charge is -2.45. The second-order valence-corrected chi connectivity index (χ2v) is 6.70. The average Bonchev–Trinajstić information content (AvgIpc) is 2.62. The lowest BCUT2D eigenvalue weighted by Crippen LogP contribution is -2.55. The number of carbonyl (C=O) groups is 1. The van der Waals surface area contributed by atoms with Gasteiger partial charge in [-0.15, -0.1) is 0 Å². The van der Waals surface area contributed by atoms with Crippen LogP contribution in [0.15, 0.2) is 24.3 Å². The first-order valence-corrected chi connectivity index (χ1v) is 8.75. The quantitative estimate of drug-likeness (QED) is 0.800. The number of hydrogen-bond donors (Lipinski definition) is 2. The predicted octanol–water partition coefficient (Wildman–Crippen LogP) is 2.00. The lowest BCUT2D eigenvalue weighted by molar-refractivity contribution is -0.142. The molecule has 2 atom stereocenters. The summed E-state index contributed by atoms with van der Waals surface area (Å²) >= 11 is 0. The van der Waals surface area contributed by atoms with Crippen molar-refractivity contribution in [2.75, 3.05) is 26.8 Å². The van der Waals surface area contributed by atoms with Crippen molar-refractivity contribution in [3.63, 3.8) is 0 Å². The van der Waals surface area contributed by atoms with Gasteiger partial charge in [0.25, 0.3) is 0 Å². The summed E-state index contributed by atoms with van der Waals surface area (Å²) in [5.41, 5.74) is 0.444. The van der Waals surface area contributed by atoms with Crippen LogP contribution in [-0.4, -0.2) is 53.9 Å². The molecule has 5 heteroatoms. The summed E-state index contributed by atoms with van der Waals surface area (Å²) in [6, 6.07) is 7.73. The molecule has 0 bridgehead atoms. The molecule has 24 heavy (non-hydrogen) atoms. The molecule has 1 amide bonds. The third-order valence-electron chi connectivity index (χ3n) is 5.10. The van der Waals surface area contributed by atoms with Gasteiger partial charge in [-0.05, 0) is 30.9 Å². The molecule has 0 spiro atoms. The number of carbonyl (C=O) groups excluding carboxylic acids is 1. The highest BCUT2D eigenvalue weighted by molar-refractivity contribution is 5.76. The van der Waals surface area contributed by atoms with E-state index in [1.165, 1.54) is 0 Å². The average molecular weight is 335 g/mol. The highest BCUT2D eigenvalue weighted by atomic mass is 16.5. The number of likely N-dealkylation sites (tertiary alicyclic amines) is 1. The molecule has 0 unspecified atom stereocenters. The number of para-hydroxylation sites is 1. The molecule has 1 saturated heterocycles. The van der Waals surface area contributed by atoms with Gasteiger partial charge in [0.2, 0.25) is 5.91 Å². The largest absolute Gasteiger partial charge is 0.496 e. The molecule has 0 radical (unpaired) electrons. The van der Waals surface area contributed by atoms with Crippen molar-refractivity contribution in [3.8, 4) is 5.75 Å². The van der Waals surface area contributed by atoms with Gasteiger partial charge in [0.05, 0.1) is 19.8 Å². The Morgan fingerprint density at radius 3 is 2.83 bits per heavy atom. The van der Waals surface area contributed by atoms with Gasteiger partial charge in [0.1, 0.15) is 5.75 Å². The third-order valence-corrected chi connectivity index (χ3v) is 5.10. The molecule has 134 valence electrons. The Hall–Kier alpha value is -1.59. The van der Waals surface area contributed by atoms with E-state index in [0.29, 0.717) is 32.4 Å². The monoisotopic (exact) mass is 335 g/mol. The molecule has 2 N–H and O–H groups in total. The zero-order valence-electron chi connectivity index (χ0n) is 14.7. The van der Waals surface area contributed by atoms with Crippen LogP contribution in [0.1, 0.15) is 38.2 Å². The number of methoxy groups -OCH3 is 1. The van der Waals surface area contributed by atoms with Crippen LogP contribution in [-0.2, 0) is 11.2 Å². The molecule has 0 aliphatic carbocycles. The number of benzene rings is 1. The van der Waals surface area contributed by atoms with Gasteiger partial charge in [-0.3, -0.25) is 4.79 Å². The smallest absolute Gasteiger partial charge is 0.222 e. The molecular formula is C19H29NO4. The van der Waals surface area contributed by atoms with E-state index in [0.717, 1.165) is 24.2 Å². The van der Waals surface area contributed by atoms with Gasteiger partial charge in [-0.2, -0.15) is 0 Å². The second-order valence-electron chi connectivity index (χ2n) is 6.70. The summed E-state index contributed by atoms with van der Waals surface area (Å²) in [5, 5.41) is 20.1. The minimum absolute atomic E-state index is 0.0711. The van der Waals surface area contributed by atoms with Crippen LogP contribution in [0.3, 0.4) is 0 Å². The van der Waals surface area contributed by atoms with Crippen LogP contribution < -0.4 is 4.74 Å². The van der Waals surface area contributed by atoms with Crippen molar-refractivity contribution in [1.82, 2.24) is 4.90 Å². The fraction of sp³-hybridized carbons (Fsp3) is 0.632. The Labute approximate surface area is 144 Å². The number of aryl methyl sites for hydroxylation is 1. The Balaban J connectivity index is 1.99. The zero-order chi connectivity index (χ0) is 17.6. The third kappa shape index (κ3) is 4.08. The van der Waals surface area contributed by atoms with Gasteiger partial charge in [0, 0.05) is 24.9 Å². The molecule has 5 nitrogen and oxygen atoms in total. The van der Waals surface area contributed by atoms with Crippen LogP contribution in [0, 0.1) is 5.41 Å². The Morgan fingerprint density at radius 2 is 2.17 bits per heavy atom. The number of aliphatic hydroxyl groups is 2. The van der Waals surface area contributed by atoms with E-state index in [9.17, 15) is 15.0 Å². The number of rotatable bonds is 7. The summed E-state index contributed by atoms with van der Waals surface area (Å²) in [7, 11) is 1.63. The Morgan fingerprint density at radius 1 is 1.42 bits per heavy atom. The van der Waals surface area contributed by atoms with E-state index < -0.39 is 11.5 Å². The number of ether oxygens (including phenoxy) is 1. The van der Waals surface area contributed by atoms with Crippen molar-refractivity contribution in [2.45, 2.75) is 45.1 Å². The maximum atomic E-state index is 12.6. The molecule has 2 rings (SSSR count). The van der Waals surface area contributed by atoms with Crippen molar-refractivity contribution < 1.29 is 19.7 Å². The summed E-state index contributed by atoms with van der Waals surface area (Å²) in [6.45, 7) is 2.94. The minimum atomic E-state index is -0.576. The summed E-state index contributed by atoms with van der Waals surface area (Å²) in [5.74, 6) is 0.872. The van der Waals surface area contributed by atoms with Crippen molar-refractivity contribution >= 4 is 5.91 Å². The zero-order valence-corrected chi connectivity index (χ0v) is 14.7. The van der Waals surface area contributed by atoms with E-state index >= 15 is 0 Å². The van der Waals surface area contributed by atoms with Crippen molar-refractivity contribution in [2.24, 2.45) is 5.41 Å². The molecular weight excluding hydrogens is 306 g/mol. The normalized spacial score (nSPS) is 24.0. The number of aliphatic hydroxyl groups excluding tert-OH is 2. The minimum Gasteiger partial charge on any atom is -0.496 e. The van der Waals surface area contributed by atoms with E-state index in [2.05, 4.69) is 0 Å². The van der Waals surface area contributed by atoms with Crippen molar-refractivity contribution in [3.05, 3.63) is 29.8 Å². The van der Waals surface area contributed by atoms with Crippen LogP contribution in [0.2, 0.25) is 0 Å². The summed E-state index contributed by atoms with van der Waals surface area (Å²) < 4.78 is 5.33. The molecule has 1 heterocycles. The number of amides is 1. The van der Waals surface area contributed by atoms with E-state index in [-0.39, 0.29) is 12.5 Å². The highest BCUT2D eigenvalue weighted by Gasteiger charge is 2.42. The van der Waals surface area contributed by atoms with Crippen molar-refractivity contribution in [1.29, 1.82) is 0 Å². The molecule has 1 aliphatic heterocycles. The van der Waals surface area contributed by atoms with Crippen LogP contribution >= 0.6 is 0 Å². The summed E-state index contributed by atoms with van der Waals surface area (Å²) in [6.07, 6.45) is 2.62. The van der Waals surface area contributed by atoms with Gasteiger partial charge in [0.15, 0.2) is 0 Å². The standard InChI is InChI=1S/C19H29NO4/c1-3-11-19(14-21)13-20(12-10-17(19)22)18(23)9-8-15-6-4-5-7-16(15)24-2/h4-7,17,21-22H,3,8-14H2,1-2H3/t17-,19+/m1/s1. The maximum absolute atomic E-state index is 12.6. The van der Waals surface area contributed by atoms with Gasteiger partial charge >= 0.3 is 0 Å². The van der Waals surface area contributed by atoms with Gasteiger partial charge in [-0.1, -0.05) is 31.5 Å². The first-order chi connectivity index (χ1) is 11.6. The summed E-state index contributed by atoms with van der Waals surface area (Å²) in [4.78, 5) is 14.4. The molecule has 1 aliphatic rings. The molecule has 1 fully saturated rings. The number of hydrogen-bond acceptors (Lipinski definition) is 4. The lowest BCUT2D eigenvalue weighted by atomic mass is 9.74. The predicted molar refractivity (Wildman–Crippen MR) is 92.9 cm³/mol. The fourth-order valence-corrected chi connectivity index (χ4v) is 3.65. The Kier molecular flexibility index (Phi) is 6.63. The SMILES string of the molecule is CCC[C@@]1(CO)CN(C(=O)CCc2ccccc2OC)CC[C@H]1O. The molecule has 1 aromatic rings. The number of nitrogens with zero attached hydrogens (tertiary/aromatic N) is 1. The van der Waals surface area contributed by atoms with E-state index in [1.807, 2.05) is 31.2 Å². The molecule has 0 saturated carbocycles. The van der Waals surface area contributed by atoms with Gasteiger partial charge in [-0.25, -0.2) is 0 Å². The molecule has 0 aromatic heterocycles. The number of piperidine rings is 1. The van der Waals surface area contributed by atoms with Crippen LogP contribution in [0.5, 0.6) is 5.75 Å². The van der Waals surface area contributed by atoms with Crippen LogP contribution in [0.25, 0.3) is 0 Å². The second kappa shape index (κ2) is 8.49. The molecule has 1 aromatic carbocycles. The fourth-order valence-electron chi connectivity index (χ4n) is 3.65. The first-order valence-electron chi connectivity index (χ1n) is 8.75. The van der Waals surface area contributed by atoms with Gasteiger partial charge < -0.3 is 19.8 Å². The van der Waals surface area contributed by atoms with E-state index in [4.69, 9.17) is 4.74 Å². The maximum Gasteiger partial charge on any atom is 0.222 e. The Bertz CT molecular complexity index is 548. The topological polar surface area (TPSA) is 70.0 Å². The van der Waals surface area contributed by atoms with E-state index in [1.54, 1.807) is 12.0 Å². The highest BCUT2D eigenvalue weighted by Crippen LogP contribution is 2.35. The first kappa shape index (κ1) is 18.7.